The molecule has 2 N–H and O–H groups in total. The first-order chi connectivity index (χ1) is 6.34. The van der Waals surface area contributed by atoms with Crippen molar-refractivity contribution in [2.45, 2.75) is 11.3 Å². The Morgan fingerprint density at radius 2 is 2.07 bits per heavy atom. The Labute approximate surface area is 92.7 Å². The third-order valence-corrected chi connectivity index (χ3v) is 3.59. The van der Waals surface area contributed by atoms with Crippen molar-refractivity contribution in [1.29, 1.82) is 0 Å². The molecular formula is C6H5F2IN2O2S. The molecule has 8 heteroatoms. The van der Waals surface area contributed by atoms with Crippen molar-refractivity contribution in [3.63, 3.8) is 0 Å². The molecule has 4 nitrogen and oxygen atoms in total. The van der Waals surface area contributed by atoms with Crippen LogP contribution < -0.4 is 5.14 Å². The fraction of sp³-hybridized carbons (Fsp3) is 0.167. The van der Waals surface area contributed by atoms with Gasteiger partial charge in [-0.25, -0.2) is 27.3 Å². The Bertz CT molecular complexity index is 449. The van der Waals surface area contributed by atoms with Crippen molar-refractivity contribution in [2.24, 2.45) is 5.14 Å². The van der Waals surface area contributed by atoms with E-state index >= 15 is 0 Å². The van der Waals surface area contributed by atoms with Gasteiger partial charge in [0.2, 0.25) is 10.0 Å². The van der Waals surface area contributed by atoms with Gasteiger partial charge in [0.05, 0.1) is 0 Å². The quantitative estimate of drug-likeness (QED) is 0.654. The predicted octanol–water partition coefficient (Wildman–Crippen LogP) is 1.27. The minimum absolute atomic E-state index is 0.0529. The summed E-state index contributed by atoms with van der Waals surface area (Å²) >= 11 is 1.54. The Balaban J connectivity index is 3.54. The number of hydrogen-bond acceptors (Lipinski definition) is 3. The molecule has 1 heterocycles. The van der Waals surface area contributed by atoms with E-state index in [4.69, 9.17) is 5.14 Å². The molecule has 0 unspecified atom stereocenters. The molecule has 0 amide bonds. The molecule has 14 heavy (non-hydrogen) atoms. The van der Waals surface area contributed by atoms with Crippen LogP contribution in [-0.4, -0.2) is 13.4 Å². The lowest BCUT2D eigenvalue weighted by Gasteiger charge is -2.07. The van der Waals surface area contributed by atoms with Gasteiger partial charge in [0.25, 0.3) is 6.43 Å². The first-order valence-corrected chi connectivity index (χ1v) is 5.92. The van der Waals surface area contributed by atoms with E-state index in [1.165, 1.54) is 0 Å². The Hall–Kier alpha value is -0.350. The number of pyridine rings is 1. The highest BCUT2D eigenvalue weighted by Gasteiger charge is 2.23. The van der Waals surface area contributed by atoms with Gasteiger partial charge in [-0.15, -0.1) is 0 Å². The average Bonchev–Trinajstić information content (AvgIpc) is 2.01. The number of rotatable bonds is 2. The summed E-state index contributed by atoms with van der Waals surface area (Å²) in [6.07, 6.45) is -1.78. The van der Waals surface area contributed by atoms with Crippen LogP contribution in [0.5, 0.6) is 0 Å². The third kappa shape index (κ3) is 2.36. The molecular weight excluding hydrogens is 329 g/mol. The van der Waals surface area contributed by atoms with Crippen LogP contribution in [-0.2, 0) is 10.0 Å². The zero-order valence-corrected chi connectivity index (χ0v) is 9.59. The average molecular weight is 334 g/mol. The second-order valence-corrected chi connectivity index (χ2v) is 4.89. The number of alkyl halides is 2. The highest BCUT2D eigenvalue weighted by molar-refractivity contribution is 14.1. The van der Waals surface area contributed by atoms with Crippen LogP contribution in [0.25, 0.3) is 0 Å². The van der Waals surface area contributed by atoms with E-state index in [-0.39, 0.29) is 3.70 Å². The van der Waals surface area contributed by atoms with Gasteiger partial charge in [-0.3, -0.25) is 0 Å². The second kappa shape index (κ2) is 4.03. The summed E-state index contributed by atoms with van der Waals surface area (Å²) in [6, 6.07) is 0.937. The number of nitrogens with two attached hydrogens (primary N) is 1. The van der Waals surface area contributed by atoms with Crippen molar-refractivity contribution in [3.05, 3.63) is 21.5 Å². The molecule has 0 fully saturated rings. The molecule has 0 saturated heterocycles. The zero-order chi connectivity index (χ0) is 10.9. The largest absolute Gasteiger partial charge is 0.265 e. The lowest BCUT2D eigenvalue weighted by atomic mass is 10.3. The maximum absolute atomic E-state index is 12.4. The summed E-state index contributed by atoms with van der Waals surface area (Å²) in [5.41, 5.74) is -0.619. The van der Waals surface area contributed by atoms with E-state index < -0.39 is 26.9 Å². The topological polar surface area (TPSA) is 73.1 Å². The first kappa shape index (κ1) is 11.7. The molecule has 1 aromatic heterocycles. The molecule has 78 valence electrons. The van der Waals surface area contributed by atoms with Crippen LogP contribution in [0.3, 0.4) is 0 Å². The summed E-state index contributed by atoms with van der Waals surface area (Å²) in [7, 11) is -4.16. The van der Waals surface area contributed by atoms with Gasteiger partial charge in [-0.1, -0.05) is 0 Å². The van der Waals surface area contributed by atoms with Crippen molar-refractivity contribution >= 4 is 32.6 Å². The molecule has 0 spiro atoms. The van der Waals surface area contributed by atoms with Crippen LogP contribution in [0.15, 0.2) is 17.2 Å². The maximum atomic E-state index is 12.4. The fourth-order valence-electron chi connectivity index (χ4n) is 0.890. The van der Waals surface area contributed by atoms with Gasteiger partial charge in [0, 0.05) is 11.8 Å². The van der Waals surface area contributed by atoms with Crippen molar-refractivity contribution in [1.82, 2.24) is 4.98 Å². The summed E-state index contributed by atoms with van der Waals surface area (Å²) in [4.78, 5) is 2.98. The standard InChI is InChI=1S/C6H5F2IN2O2S/c7-5(8)3-1-2-11-6(9)4(3)14(10,12)13/h1-2,5H,(H2,10,12,13). The first-order valence-electron chi connectivity index (χ1n) is 3.29. The molecule has 0 aliphatic rings. The van der Waals surface area contributed by atoms with Gasteiger partial charge < -0.3 is 0 Å². The van der Waals surface area contributed by atoms with Gasteiger partial charge >= 0.3 is 0 Å². The highest BCUT2D eigenvalue weighted by atomic mass is 127. The summed E-state index contributed by atoms with van der Waals surface area (Å²) in [6.45, 7) is 0. The monoisotopic (exact) mass is 334 g/mol. The minimum Gasteiger partial charge on any atom is -0.249 e. The summed E-state index contributed by atoms with van der Waals surface area (Å²) in [5, 5.41) is 4.79. The number of hydrogen-bond donors (Lipinski definition) is 1. The lowest BCUT2D eigenvalue weighted by molar-refractivity contribution is 0.147. The summed E-state index contributed by atoms with van der Waals surface area (Å²) in [5.74, 6) is 0. The molecule has 1 aromatic rings. The van der Waals surface area contributed by atoms with Crippen LogP contribution in [0, 0.1) is 3.70 Å². The predicted molar refractivity (Wildman–Crippen MR) is 53.3 cm³/mol. The molecule has 0 atom stereocenters. The molecule has 0 bridgehead atoms. The van der Waals surface area contributed by atoms with Gasteiger partial charge in [0.15, 0.2) is 0 Å². The molecule has 1 rings (SSSR count). The Morgan fingerprint density at radius 3 is 2.43 bits per heavy atom. The lowest BCUT2D eigenvalue weighted by Crippen LogP contribution is -2.17. The number of primary sulfonamides is 1. The fourth-order valence-corrected chi connectivity index (χ4v) is 3.06. The highest BCUT2D eigenvalue weighted by Crippen LogP contribution is 2.27. The molecule has 0 aromatic carbocycles. The molecule has 0 aliphatic heterocycles. The van der Waals surface area contributed by atoms with Crippen molar-refractivity contribution in [2.75, 3.05) is 0 Å². The normalized spacial score (nSPS) is 12.1. The maximum Gasteiger partial charge on any atom is 0.265 e. The second-order valence-electron chi connectivity index (χ2n) is 2.37. The van der Waals surface area contributed by atoms with E-state index in [1.54, 1.807) is 22.6 Å². The number of aromatic nitrogens is 1. The van der Waals surface area contributed by atoms with Crippen LogP contribution in [0.4, 0.5) is 8.78 Å². The number of halogens is 3. The number of nitrogens with zero attached hydrogens (tertiary/aromatic N) is 1. The Morgan fingerprint density at radius 1 is 1.50 bits per heavy atom. The molecule has 0 aliphatic carbocycles. The Kier molecular flexibility index (Phi) is 3.37. The minimum atomic E-state index is -4.16. The van der Waals surface area contributed by atoms with Crippen LogP contribution in [0.2, 0.25) is 0 Å². The smallest absolute Gasteiger partial charge is 0.249 e. The van der Waals surface area contributed by atoms with E-state index in [9.17, 15) is 17.2 Å². The van der Waals surface area contributed by atoms with E-state index in [2.05, 4.69) is 4.98 Å². The SMILES string of the molecule is NS(=O)(=O)c1c(C(F)F)ccnc1I. The van der Waals surface area contributed by atoms with E-state index in [0.717, 1.165) is 12.3 Å². The third-order valence-electron chi connectivity index (χ3n) is 1.41. The number of sulfonamides is 1. The van der Waals surface area contributed by atoms with Gasteiger partial charge in [-0.05, 0) is 28.7 Å². The summed E-state index contributed by atoms with van der Waals surface area (Å²) < 4.78 is 46.7. The molecule has 0 radical (unpaired) electrons. The van der Waals surface area contributed by atoms with Gasteiger partial charge in [0.1, 0.15) is 8.60 Å². The molecule has 0 saturated carbocycles. The van der Waals surface area contributed by atoms with Crippen molar-refractivity contribution in [3.8, 4) is 0 Å². The van der Waals surface area contributed by atoms with E-state index in [1.807, 2.05) is 0 Å². The van der Waals surface area contributed by atoms with E-state index in [0.29, 0.717) is 0 Å². The van der Waals surface area contributed by atoms with Gasteiger partial charge in [-0.2, -0.15) is 0 Å². The van der Waals surface area contributed by atoms with Crippen molar-refractivity contribution < 1.29 is 17.2 Å². The zero-order valence-electron chi connectivity index (χ0n) is 6.62. The van der Waals surface area contributed by atoms with Crippen LogP contribution in [0.1, 0.15) is 12.0 Å². The van der Waals surface area contributed by atoms with Crippen LogP contribution >= 0.6 is 22.6 Å².